The molecule has 5 nitrogen and oxygen atoms in total. The van der Waals surface area contributed by atoms with Crippen LogP contribution in [0.15, 0.2) is 73.1 Å². The number of ether oxygens (including phenoxy) is 1. The van der Waals surface area contributed by atoms with Crippen LogP contribution in [0.25, 0.3) is 6.08 Å². The van der Waals surface area contributed by atoms with E-state index >= 15 is 0 Å². The van der Waals surface area contributed by atoms with Crippen molar-refractivity contribution in [2.24, 2.45) is 0 Å². The molecule has 0 radical (unpaired) electrons. The molecule has 1 N–H and O–H groups in total. The van der Waals surface area contributed by atoms with Crippen molar-refractivity contribution in [3.8, 4) is 5.75 Å². The third kappa shape index (κ3) is 5.31. The monoisotopic (exact) mass is 361 g/mol. The van der Waals surface area contributed by atoms with Gasteiger partial charge in [0, 0.05) is 30.6 Å². The van der Waals surface area contributed by atoms with Gasteiger partial charge in [-0.1, -0.05) is 42.5 Å². The van der Waals surface area contributed by atoms with Crippen LogP contribution in [0, 0.1) is 0 Å². The normalized spacial score (nSPS) is 10.9. The molecule has 27 heavy (non-hydrogen) atoms. The Morgan fingerprint density at radius 3 is 2.67 bits per heavy atom. The Morgan fingerprint density at radius 2 is 1.89 bits per heavy atom. The van der Waals surface area contributed by atoms with Gasteiger partial charge in [0.25, 0.3) is 0 Å². The highest BCUT2D eigenvalue weighted by molar-refractivity contribution is 5.92. The maximum absolute atomic E-state index is 12.2. The highest BCUT2D eigenvalue weighted by Gasteiger charge is 2.05. The average molecular weight is 361 g/mol. The number of rotatable bonds is 8. The molecule has 1 aromatic heterocycles. The van der Waals surface area contributed by atoms with Crippen molar-refractivity contribution in [3.63, 3.8) is 0 Å². The molecule has 3 aromatic rings. The van der Waals surface area contributed by atoms with Crippen LogP contribution in [0.5, 0.6) is 5.75 Å². The van der Waals surface area contributed by atoms with Gasteiger partial charge in [-0.15, -0.1) is 0 Å². The molecule has 0 aliphatic rings. The predicted molar refractivity (Wildman–Crippen MR) is 106 cm³/mol. The van der Waals surface area contributed by atoms with Crippen molar-refractivity contribution < 1.29 is 9.53 Å². The third-order valence-corrected chi connectivity index (χ3v) is 4.10. The van der Waals surface area contributed by atoms with E-state index in [4.69, 9.17) is 4.74 Å². The lowest BCUT2D eigenvalue weighted by molar-refractivity contribution is -0.116. The number of nitrogens with zero attached hydrogens (tertiary/aromatic N) is 2. The second-order valence-corrected chi connectivity index (χ2v) is 5.99. The highest BCUT2D eigenvalue weighted by atomic mass is 16.5. The Hall–Kier alpha value is -3.34. The first-order valence-electron chi connectivity index (χ1n) is 8.98. The summed E-state index contributed by atoms with van der Waals surface area (Å²) in [5.41, 5.74) is 3.09. The number of aromatic nitrogens is 2. The molecule has 0 bridgehead atoms. The quantitative estimate of drug-likeness (QED) is 0.623. The molecule has 0 aliphatic heterocycles. The summed E-state index contributed by atoms with van der Waals surface area (Å²) in [5.74, 6) is 0.629. The van der Waals surface area contributed by atoms with Crippen molar-refractivity contribution >= 4 is 12.0 Å². The van der Waals surface area contributed by atoms with E-state index in [9.17, 15) is 4.79 Å². The maximum atomic E-state index is 12.2. The van der Waals surface area contributed by atoms with Crippen LogP contribution in [0.1, 0.15) is 23.6 Å². The fourth-order valence-electron chi connectivity index (χ4n) is 2.76. The minimum absolute atomic E-state index is 0.143. The summed E-state index contributed by atoms with van der Waals surface area (Å²) >= 11 is 0. The number of carbonyl (C=O) groups is 1. The van der Waals surface area contributed by atoms with E-state index in [0.29, 0.717) is 19.7 Å². The van der Waals surface area contributed by atoms with Crippen LogP contribution in [0.3, 0.4) is 0 Å². The van der Waals surface area contributed by atoms with Gasteiger partial charge in [-0.05, 0) is 36.3 Å². The Labute approximate surface area is 159 Å². The summed E-state index contributed by atoms with van der Waals surface area (Å²) in [7, 11) is 0. The molecule has 0 spiro atoms. The SMILES string of the molecule is CCOc1ccccc1/C=C/C(=O)NCc1ccccc1Cn1cccn1. The van der Waals surface area contributed by atoms with Crippen molar-refractivity contribution in [2.75, 3.05) is 6.61 Å². The molecule has 1 heterocycles. The van der Waals surface area contributed by atoms with Gasteiger partial charge < -0.3 is 10.1 Å². The van der Waals surface area contributed by atoms with E-state index in [-0.39, 0.29) is 5.91 Å². The van der Waals surface area contributed by atoms with Crippen LogP contribution >= 0.6 is 0 Å². The lowest BCUT2D eigenvalue weighted by Crippen LogP contribution is -2.21. The molecule has 0 fully saturated rings. The first kappa shape index (κ1) is 18.5. The van der Waals surface area contributed by atoms with Crippen LogP contribution in [0.2, 0.25) is 0 Å². The first-order chi connectivity index (χ1) is 13.3. The molecule has 5 heteroatoms. The topological polar surface area (TPSA) is 56.1 Å². The Morgan fingerprint density at radius 1 is 1.11 bits per heavy atom. The lowest BCUT2D eigenvalue weighted by atomic mass is 10.1. The zero-order valence-electron chi connectivity index (χ0n) is 15.3. The van der Waals surface area contributed by atoms with Crippen molar-refractivity contribution in [2.45, 2.75) is 20.0 Å². The Kier molecular flexibility index (Phi) is 6.41. The molecule has 0 aliphatic carbocycles. The first-order valence-corrected chi connectivity index (χ1v) is 8.98. The van der Waals surface area contributed by atoms with Crippen molar-refractivity contribution in [1.29, 1.82) is 0 Å². The number of nitrogens with one attached hydrogen (secondary N) is 1. The zero-order valence-corrected chi connectivity index (χ0v) is 15.3. The van der Waals surface area contributed by atoms with Crippen LogP contribution in [-0.4, -0.2) is 22.3 Å². The average Bonchev–Trinajstić information content (AvgIpc) is 3.20. The van der Waals surface area contributed by atoms with Crippen LogP contribution in [0.4, 0.5) is 0 Å². The number of benzene rings is 2. The molecule has 0 unspecified atom stereocenters. The van der Waals surface area contributed by atoms with Crippen LogP contribution < -0.4 is 10.1 Å². The van der Waals surface area contributed by atoms with Crippen molar-refractivity contribution in [3.05, 3.63) is 89.8 Å². The standard InChI is InChI=1S/C22H23N3O2/c1-2-27-21-11-6-5-8-18(21)12-13-22(26)23-16-19-9-3-4-10-20(19)17-25-15-7-14-24-25/h3-15H,2,16-17H2,1H3,(H,23,26)/b13-12+. The summed E-state index contributed by atoms with van der Waals surface area (Å²) in [6, 6.07) is 17.6. The van der Waals surface area contributed by atoms with E-state index in [1.165, 1.54) is 6.08 Å². The molecule has 2 aromatic carbocycles. The zero-order chi connectivity index (χ0) is 18.9. The minimum atomic E-state index is -0.143. The van der Waals surface area contributed by atoms with Crippen molar-refractivity contribution in [1.82, 2.24) is 15.1 Å². The Balaban J connectivity index is 1.61. The van der Waals surface area contributed by atoms with Gasteiger partial charge in [-0.2, -0.15) is 5.10 Å². The second kappa shape index (κ2) is 9.38. The molecule has 0 saturated carbocycles. The van der Waals surface area contributed by atoms with Gasteiger partial charge >= 0.3 is 0 Å². The molecule has 0 saturated heterocycles. The van der Waals surface area contributed by atoms with Crippen LogP contribution in [-0.2, 0) is 17.9 Å². The molecular formula is C22H23N3O2. The van der Waals surface area contributed by atoms with E-state index in [0.717, 1.165) is 22.4 Å². The smallest absolute Gasteiger partial charge is 0.244 e. The van der Waals surface area contributed by atoms with Gasteiger partial charge in [0.2, 0.25) is 5.91 Å². The fourth-order valence-corrected chi connectivity index (χ4v) is 2.76. The summed E-state index contributed by atoms with van der Waals surface area (Å²) in [4.78, 5) is 12.2. The molecule has 0 atom stereocenters. The van der Waals surface area contributed by atoms with E-state index in [1.54, 1.807) is 12.3 Å². The van der Waals surface area contributed by atoms with Gasteiger partial charge in [-0.3, -0.25) is 9.48 Å². The summed E-state index contributed by atoms with van der Waals surface area (Å²) in [6.07, 6.45) is 6.99. The summed E-state index contributed by atoms with van der Waals surface area (Å²) in [5, 5.41) is 7.18. The number of carbonyl (C=O) groups excluding carboxylic acids is 1. The van der Waals surface area contributed by atoms with Gasteiger partial charge in [0.15, 0.2) is 0 Å². The minimum Gasteiger partial charge on any atom is -0.493 e. The third-order valence-electron chi connectivity index (χ3n) is 4.10. The molecule has 138 valence electrons. The highest BCUT2D eigenvalue weighted by Crippen LogP contribution is 2.19. The summed E-state index contributed by atoms with van der Waals surface area (Å²) in [6.45, 7) is 3.67. The number of hydrogen-bond donors (Lipinski definition) is 1. The Bertz CT molecular complexity index is 901. The van der Waals surface area contributed by atoms with E-state index in [1.807, 2.05) is 66.3 Å². The van der Waals surface area contributed by atoms with E-state index in [2.05, 4.69) is 16.5 Å². The van der Waals surface area contributed by atoms with Gasteiger partial charge in [0.1, 0.15) is 5.75 Å². The maximum Gasteiger partial charge on any atom is 0.244 e. The second-order valence-electron chi connectivity index (χ2n) is 5.99. The van der Waals surface area contributed by atoms with Gasteiger partial charge in [-0.25, -0.2) is 0 Å². The number of hydrogen-bond acceptors (Lipinski definition) is 3. The lowest BCUT2D eigenvalue weighted by Gasteiger charge is -2.10. The number of amides is 1. The molecule has 1 amide bonds. The largest absolute Gasteiger partial charge is 0.493 e. The molecule has 3 rings (SSSR count). The number of para-hydroxylation sites is 1. The van der Waals surface area contributed by atoms with Gasteiger partial charge in [0.05, 0.1) is 13.2 Å². The predicted octanol–water partition coefficient (Wildman–Crippen LogP) is 3.66. The molecular weight excluding hydrogens is 338 g/mol. The van der Waals surface area contributed by atoms with E-state index < -0.39 is 0 Å². The fraction of sp³-hybridized carbons (Fsp3) is 0.182. The summed E-state index contributed by atoms with van der Waals surface area (Å²) < 4.78 is 7.44.